The van der Waals surface area contributed by atoms with Gasteiger partial charge in [-0.2, -0.15) is 0 Å². The van der Waals surface area contributed by atoms with Gasteiger partial charge >= 0.3 is 5.97 Å². The van der Waals surface area contributed by atoms with Crippen LogP contribution in [0.1, 0.15) is 24.2 Å². The molecule has 0 fully saturated rings. The summed E-state index contributed by atoms with van der Waals surface area (Å²) in [6.45, 7) is 5.90. The SMILES string of the molecule is CCOC(=O)c1ccsc1NC(=O)CN(CC)CC1COc2ccccc2O1. The van der Waals surface area contributed by atoms with Gasteiger partial charge in [-0.1, -0.05) is 19.1 Å². The van der Waals surface area contributed by atoms with E-state index in [0.717, 1.165) is 11.5 Å². The van der Waals surface area contributed by atoms with Crippen molar-refractivity contribution in [3.63, 3.8) is 0 Å². The molecule has 3 rings (SSSR count). The van der Waals surface area contributed by atoms with Crippen LogP contribution in [0.2, 0.25) is 0 Å². The summed E-state index contributed by atoms with van der Waals surface area (Å²) in [5.41, 5.74) is 0.379. The maximum atomic E-state index is 12.5. The number of hydrogen-bond acceptors (Lipinski definition) is 7. The molecule has 2 aromatic rings. The Morgan fingerprint density at radius 2 is 2.04 bits per heavy atom. The Labute approximate surface area is 168 Å². The fourth-order valence-corrected chi connectivity index (χ4v) is 3.68. The molecule has 1 aliphatic heterocycles. The van der Waals surface area contributed by atoms with Crippen molar-refractivity contribution in [3.8, 4) is 11.5 Å². The van der Waals surface area contributed by atoms with Crippen LogP contribution in [0.4, 0.5) is 5.00 Å². The molecule has 1 aromatic carbocycles. The van der Waals surface area contributed by atoms with Gasteiger partial charge in [0, 0.05) is 6.54 Å². The molecule has 8 heteroatoms. The summed E-state index contributed by atoms with van der Waals surface area (Å²) in [4.78, 5) is 26.4. The van der Waals surface area contributed by atoms with E-state index in [0.29, 0.717) is 30.3 Å². The number of nitrogens with zero attached hydrogens (tertiary/aromatic N) is 1. The van der Waals surface area contributed by atoms with Gasteiger partial charge in [0.25, 0.3) is 0 Å². The highest BCUT2D eigenvalue weighted by Crippen LogP contribution is 2.31. The van der Waals surface area contributed by atoms with Gasteiger partial charge in [0.15, 0.2) is 11.5 Å². The molecule has 0 aliphatic carbocycles. The summed E-state index contributed by atoms with van der Waals surface area (Å²) in [6, 6.07) is 9.20. The van der Waals surface area contributed by atoms with E-state index in [-0.39, 0.29) is 25.2 Å². The maximum Gasteiger partial charge on any atom is 0.341 e. The molecule has 1 aromatic heterocycles. The van der Waals surface area contributed by atoms with Gasteiger partial charge in [0.1, 0.15) is 17.7 Å². The van der Waals surface area contributed by atoms with Gasteiger partial charge in [0.05, 0.1) is 18.7 Å². The molecule has 0 bridgehead atoms. The summed E-state index contributed by atoms with van der Waals surface area (Å²) >= 11 is 1.30. The van der Waals surface area contributed by atoms with Crippen LogP contribution in [0.5, 0.6) is 11.5 Å². The molecule has 0 saturated heterocycles. The largest absolute Gasteiger partial charge is 0.486 e. The summed E-state index contributed by atoms with van der Waals surface area (Å²) in [5.74, 6) is 0.838. The Morgan fingerprint density at radius 3 is 2.79 bits per heavy atom. The predicted molar refractivity (Wildman–Crippen MR) is 107 cm³/mol. The van der Waals surface area contributed by atoms with Crippen LogP contribution >= 0.6 is 11.3 Å². The number of nitrogens with one attached hydrogen (secondary N) is 1. The third-order valence-electron chi connectivity index (χ3n) is 4.26. The van der Waals surface area contributed by atoms with E-state index >= 15 is 0 Å². The standard InChI is InChI=1S/C20H24N2O5S/c1-3-22(11-14-13-26-16-7-5-6-8-17(16)27-14)12-18(23)21-19-15(9-10-28-19)20(24)25-4-2/h5-10,14H,3-4,11-13H2,1-2H3,(H,21,23). The van der Waals surface area contributed by atoms with Gasteiger partial charge in [-0.05, 0) is 37.0 Å². The number of ether oxygens (including phenoxy) is 3. The molecule has 0 radical (unpaired) electrons. The van der Waals surface area contributed by atoms with Gasteiger partial charge in [-0.15, -0.1) is 11.3 Å². The molecule has 1 amide bonds. The molecular formula is C20H24N2O5S. The van der Waals surface area contributed by atoms with Gasteiger partial charge in [-0.25, -0.2) is 4.79 Å². The number of amides is 1. The lowest BCUT2D eigenvalue weighted by atomic mass is 10.2. The van der Waals surface area contributed by atoms with Crippen molar-refractivity contribution < 1.29 is 23.8 Å². The Bertz CT molecular complexity index is 822. The first kappa shape index (κ1) is 20.2. The molecule has 0 saturated carbocycles. The second-order valence-electron chi connectivity index (χ2n) is 6.26. The highest BCUT2D eigenvalue weighted by atomic mass is 32.1. The van der Waals surface area contributed by atoms with E-state index in [9.17, 15) is 9.59 Å². The number of carbonyl (C=O) groups excluding carboxylic acids is 2. The fraction of sp³-hybridized carbons (Fsp3) is 0.400. The fourth-order valence-electron chi connectivity index (χ4n) is 2.89. The van der Waals surface area contributed by atoms with Crippen LogP contribution in [0.15, 0.2) is 35.7 Å². The highest BCUT2D eigenvalue weighted by molar-refractivity contribution is 7.14. The predicted octanol–water partition coefficient (Wildman–Crippen LogP) is 3.03. The topological polar surface area (TPSA) is 77.1 Å². The summed E-state index contributed by atoms with van der Waals surface area (Å²) in [6.07, 6.45) is -0.153. The van der Waals surface area contributed by atoms with E-state index in [4.69, 9.17) is 14.2 Å². The van der Waals surface area contributed by atoms with Crippen LogP contribution in [0.25, 0.3) is 0 Å². The number of anilines is 1. The van der Waals surface area contributed by atoms with Crippen molar-refractivity contribution in [1.82, 2.24) is 4.90 Å². The number of hydrogen-bond donors (Lipinski definition) is 1. The average molecular weight is 404 g/mol. The highest BCUT2D eigenvalue weighted by Gasteiger charge is 2.24. The lowest BCUT2D eigenvalue weighted by Crippen LogP contribution is -2.43. The van der Waals surface area contributed by atoms with Crippen molar-refractivity contribution in [2.24, 2.45) is 0 Å². The number of para-hydroxylation sites is 2. The monoisotopic (exact) mass is 404 g/mol. The number of rotatable bonds is 8. The van der Waals surface area contributed by atoms with E-state index in [1.165, 1.54) is 11.3 Å². The molecule has 0 spiro atoms. The smallest absolute Gasteiger partial charge is 0.341 e. The number of esters is 1. The van der Waals surface area contributed by atoms with Crippen molar-refractivity contribution in [2.45, 2.75) is 20.0 Å². The van der Waals surface area contributed by atoms with Gasteiger partial charge in [0.2, 0.25) is 5.91 Å². The lowest BCUT2D eigenvalue weighted by molar-refractivity contribution is -0.117. The molecule has 1 N–H and O–H groups in total. The average Bonchev–Trinajstić information content (AvgIpc) is 3.15. The Balaban J connectivity index is 1.55. The number of fused-ring (bicyclic) bond motifs is 1. The number of benzene rings is 1. The Morgan fingerprint density at radius 1 is 1.25 bits per heavy atom. The molecule has 28 heavy (non-hydrogen) atoms. The third-order valence-corrected chi connectivity index (χ3v) is 5.09. The minimum Gasteiger partial charge on any atom is -0.486 e. The van der Waals surface area contributed by atoms with Crippen LogP contribution in [0, 0.1) is 0 Å². The first-order valence-electron chi connectivity index (χ1n) is 9.26. The van der Waals surface area contributed by atoms with Crippen molar-refractivity contribution in [3.05, 3.63) is 41.3 Å². The first-order chi connectivity index (χ1) is 13.6. The van der Waals surface area contributed by atoms with E-state index in [2.05, 4.69) is 5.32 Å². The Hall–Kier alpha value is -2.58. The van der Waals surface area contributed by atoms with Crippen molar-refractivity contribution in [2.75, 3.05) is 38.2 Å². The molecule has 1 unspecified atom stereocenters. The quantitative estimate of drug-likeness (QED) is 0.682. The third kappa shape index (κ3) is 5.02. The van der Waals surface area contributed by atoms with Crippen molar-refractivity contribution in [1.29, 1.82) is 0 Å². The number of likely N-dealkylation sites (N-methyl/N-ethyl adjacent to an activating group) is 1. The zero-order valence-corrected chi connectivity index (χ0v) is 16.8. The minimum atomic E-state index is -0.433. The van der Waals surface area contributed by atoms with E-state index in [1.807, 2.05) is 36.1 Å². The second kappa shape index (κ2) is 9.57. The van der Waals surface area contributed by atoms with E-state index in [1.54, 1.807) is 18.4 Å². The molecule has 2 heterocycles. The number of carbonyl (C=O) groups is 2. The summed E-state index contributed by atoms with van der Waals surface area (Å²) in [7, 11) is 0. The van der Waals surface area contributed by atoms with Crippen LogP contribution in [-0.4, -0.2) is 55.7 Å². The van der Waals surface area contributed by atoms with Crippen LogP contribution < -0.4 is 14.8 Å². The summed E-state index contributed by atoms with van der Waals surface area (Å²) in [5, 5.41) is 5.07. The molecule has 150 valence electrons. The van der Waals surface area contributed by atoms with Gasteiger partial charge in [-0.3, -0.25) is 9.69 Å². The molecule has 1 aliphatic rings. The zero-order valence-electron chi connectivity index (χ0n) is 16.0. The van der Waals surface area contributed by atoms with Crippen molar-refractivity contribution >= 4 is 28.2 Å². The van der Waals surface area contributed by atoms with Gasteiger partial charge < -0.3 is 19.5 Å². The maximum absolute atomic E-state index is 12.5. The molecule has 1 atom stereocenters. The minimum absolute atomic E-state index is 0.153. The lowest BCUT2D eigenvalue weighted by Gasteiger charge is -2.30. The normalized spacial score (nSPS) is 15.3. The summed E-state index contributed by atoms with van der Waals surface area (Å²) < 4.78 is 16.7. The Kier molecular flexibility index (Phi) is 6.89. The molecule has 7 nitrogen and oxygen atoms in total. The zero-order chi connectivity index (χ0) is 19.9. The molecular weight excluding hydrogens is 380 g/mol. The van der Waals surface area contributed by atoms with Crippen LogP contribution in [-0.2, 0) is 9.53 Å². The van der Waals surface area contributed by atoms with E-state index < -0.39 is 5.97 Å². The second-order valence-corrected chi connectivity index (χ2v) is 7.17. The first-order valence-corrected chi connectivity index (χ1v) is 10.1. The number of thiophene rings is 1. The van der Waals surface area contributed by atoms with Crippen LogP contribution in [0.3, 0.4) is 0 Å².